The summed E-state index contributed by atoms with van der Waals surface area (Å²) in [5.41, 5.74) is 1.08. The van der Waals surface area contributed by atoms with E-state index in [2.05, 4.69) is 0 Å². The summed E-state index contributed by atoms with van der Waals surface area (Å²) < 4.78 is 46.6. The van der Waals surface area contributed by atoms with E-state index >= 15 is 0 Å². The summed E-state index contributed by atoms with van der Waals surface area (Å²) >= 11 is 0. The Morgan fingerprint density at radius 1 is 1.00 bits per heavy atom. The number of halogens is 1. The van der Waals surface area contributed by atoms with E-state index in [1.807, 2.05) is 30.3 Å². The van der Waals surface area contributed by atoms with Gasteiger partial charge in [-0.25, -0.2) is 17.7 Å². The van der Waals surface area contributed by atoms with Crippen LogP contribution in [0.25, 0.3) is 0 Å². The van der Waals surface area contributed by atoms with Gasteiger partial charge in [0.15, 0.2) is 0 Å². The standard InChI is InChI=1S/C26H23FN2O6S/c1-18(30)35-22-11-9-21(10-12-22)29-25(31)17-24(26(29)32)28(16-15-19-5-3-2-4-6-19)36(33,34)23-13-7-20(27)8-14-23/h2-14,24H,15-17H2,1H3. The third kappa shape index (κ3) is 5.34. The summed E-state index contributed by atoms with van der Waals surface area (Å²) in [5, 5.41) is 0. The van der Waals surface area contributed by atoms with Crippen molar-refractivity contribution in [2.45, 2.75) is 30.7 Å². The highest BCUT2D eigenvalue weighted by Gasteiger charge is 2.46. The van der Waals surface area contributed by atoms with Gasteiger partial charge in [-0.2, -0.15) is 4.31 Å². The molecule has 1 atom stereocenters. The summed E-state index contributed by atoms with van der Waals surface area (Å²) in [4.78, 5) is 38.2. The van der Waals surface area contributed by atoms with E-state index in [-0.39, 0.29) is 29.3 Å². The second kappa shape index (κ2) is 10.4. The van der Waals surface area contributed by atoms with Crippen molar-refractivity contribution in [2.75, 3.05) is 11.4 Å². The Bertz CT molecular complexity index is 1380. The van der Waals surface area contributed by atoms with Crippen molar-refractivity contribution in [1.82, 2.24) is 4.31 Å². The van der Waals surface area contributed by atoms with Crippen LogP contribution in [0.4, 0.5) is 10.1 Å². The summed E-state index contributed by atoms with van der Waals surface area (Å²) in [6, 6.07) is 18.0. The Morgan fingerprint density at radius 2 is 1.64 bits per heavy atom. The Balaban J connectivity index is 1.65. The molecule has 1 aliphatic rings. The molecule has 186 valence electrons. The third-order valence-corrected chi connectivity index (χ3v) is 7.63. The molecule has 3 aromatic carbocycles. The molecule has 1 fully saturated rings. The molecular weight excluding hydrogens is 487 g/mol. The molecule has 0 aliphatic carbocycles. The van der Waals surface area contributed by atoms with Crippen LogP contribution in [0.3, 0.4) is 0 Å². The molecule has 36 heavy (non-hydrogen) atoms. The zero-order chi connectivity index (χ0) is 25.9. The largest absolute Gasteiger partial charge is 0.427 e. The van der Waals surface area contributed by atoms with Crippen molar-refractivity contribution in [1.29, 1.82) is 0 Å². The lowest BCUT2D eigenvalue weighted by Gasteiger charge is -2.27. The molecule has 2 amide bonds. The van der Waals surface area contributed by atoms with Crippen molar-refractivity contribution in [3.63, 3.8) is 0 Å². The first-order chi connectivity index (χ1) is 17.2. The van der Waals surface area contributed by atoms with Crippen molar-refractivity contribution in [3.8, 4) is 5.75 Å². The maximum atomic E-state index is 13.6. The van der Waals surface area contributed by atoms with Crippen molar-refractivity contribution in [3.05, 3.63) is 90.2 Å². The SMILES string of the molecule is CC(=O)Oc1ccc(N2C(=O)CC(N(CCc3ccccc3)S(=O)(=O)c3ccc(F)cc3)C2=O)cc1. The molecule has 1 aliphatic heterocycles. The summed E-state index contributed by atoms with van der Waals surface area (Å²) in [7, 11) is -4.24. The molecule has 1 unspecified atom stereocenters. The highest BCUT2D eigenvalue weighted by atomic mass is 32.2. The fraction of sp³-hybridized carbons (Fsp3) is 0.192. The highest BCUT2D eigenvalue weighted by Crippen LogP contribution is 2.30. The Morgan fingerprint density at radius 3 is 2.25 bits per heavy atom. The maximum absolute atomic E-state index is 13.6. The van der Waals surface area contributed by atoms with Crippen LogP contribution >= 0.6 is 0 Å². The summed E-state index contributed by atoms with van der Waals surface area (Å²) in [6.07, 6.45) is -0.0456. The molecule has 0 radical (unpaired) electrons. The minimum absolute atomic E-state index is 0.0629. The molecular formula is C26H23FN2O6S. The van der Waals surface area contributed by atoms with Crippen LogP contribution in [-0.4, -0.2) is 43.1 Å². The molecule has 8 nitrogen and oxygen atoms in total. The molecule has 3 aromatic rings. The van der Waals surface area contributed by atoms with Crippen LogP contribution in [0.2, 0.25) is 0 Å². The molecule has 0 saturated carbocycles. The van der Waals surface area contributed by atoms with Gasteiger partial charge in [-0.15, -0.1) is 0 Å². The van der Waals surface area contributed by atoms with Crippen molar-refractivity contribution >= 4 is 33.5 Å². The van der Waals surface area contributed by atoms with Crippen molar-refractivity contribution < 1.29 is 31.9 Å². The molecule has 0 bridgehead atoms. The quantitative estimate of drug-likeness (QED) is 0.262. The molecule has 4 rings (SSSR count). The Hall–Kier alpha value is -3.89. The van der Waals surface area contributed by atoms with Crippen LogP contribution in [0, 0.1) is 5.82 Å². The maximum Gasteiger partial charge on any atom is 0.308 e. The Labute approximate surface area is 208 Å². The molecule has 0 spiro atoms. The van der Waals surface area contributed by atoms with Gasteiger partial charge < -0.3 is 4.74 Å². The van der Waals surface area contributed by atoms with Gasteiger partial charge in [-0.3, -0.25) is 14.4 Å². The average molecular weight is 511 g/mol. The van der Waals surface area contributed by atoms with Gasteiger partial charge in [-0.1, -0.05) is 30.3 Å². The van der Waals surface area contributed by atoms with Crippen LogP contribution in [-0.2, 0) is 30.8 Å². The predicted octanol–water partition coefficient (Wildman–Crippen LogP) is 3.32. The number of esters is 1. The smallest absolute Gasteiger partial charge is 0.308 e. The van der Waals surface area contributed by atoms with Crippen LogP contribution in [0.1, 0.15) is 18.9 Å². The first-order valence-electron chi connectivity index (χ1n) is 11.1. The summed E-state index contributed by atoms with van der Waals surface area (Å²) in [6.45, 7) is 1.18. The Kier molecular flexibility index (Phi) is 7.27. The van der Waals surface area contributed by atoms with E-state index in [9.17, 15) is 27.2 Å². The van der Waals surface area contributed by atoms with Gasteiger partial charge in [0.05, 0.1) is 17.0 Å². The molecule has 0 N–H and O–H groups in total. The number of carbonyl (C=O) groups excluding carboxylic acids is 3. The summed E-state index contributed by atoms with van der Waals surface area (Å²) in [5.74, 6) is -2.13. The first kappa shape index (κ1) is 25.2. The highest BCUT2D eigenvalue weighted by molar-refractivity contribution is 7.89. The van der Waals surface area contributed by atoms with Gasteiger partial charge in [0.25, 0.3) is 5.91 Å². The molecule has 1 heterocycles. The number of anilines is 1. The van der Waals surface area contributed by atoms with Gasteiger partial charge in [0, 0.05) is 13.5 Å². The van der Waals surface area contributed by atoms with E-state index in [0.29, 0.717) is 6.42 Å². The van der Waals surface area contributed by atoms with E-state index < -0.39 is 39.7 Å². The lowest BCUT2D eigenvalue weighted by atomic mass is 10.1. The number of benzene rings is 3. The molecule has 0 aromatic heterocycles. The number of ether oxygens (including phenoxy) is 1. The number of carbonyl (C=O) groups is 3. The number of sulfonamides is 1. The number of rotatable bonds is 8. The second-order valence-corrected chi connectivity index (χ2v) is 10.1. The van der Waals surface area contributed by atoms with Gasteiger partial charge in [0.2, 0.25) is 15.9 Å². The number of amides is 2. The van der Waals surface area contributed by atoms with E-state index in [4.69, 9.17) is 4.74 Å². The fourth-order valence-corrected chi connectivity index (χ4v) is 5.59. The first-order valence-corrected chi connectivity index (χ1v) is 12.6. The number of hydrogen-bond acceptors (Lipinski definition) is 6. The average Bonchev–Trinajstić information content (AvgIpc) is 3.13. The van der Waals surface area contributed by atoms with E-state index in [0.717, 1.165) is 39.0 Å². The zero-order valence-electron chi connectivity index (χ0n) is 19.3. The minimum Gasteiger partial charge on any atom is -0.427 e. The molecule has 10 heteroatoms. The minimum atomic E-state index is -4.24. The number of nitrogens with zero attached hydrogens (tertiary/aromatic N) is 2. The van der Waals surface area contributed by atoms with Gasteiger partial charge in [-0.05, 0) is 60.5 Å². The monoisotopic (exact) mass is 510 g/mol. The van der Waals surface area contributed by atoms with Crippen LogP contribution < -0.4 is 9.64 Å². The van der Waals surface area contributed by atoms with Crippen LogP contribution in [0.15, 0.2) is 83.8 Å². The number of hydrogen-bond donors (Lipinski definition) is 0. The second-order valence-electron chi connectivity index (χ2n) is 8.18. The lowest BCUT2D eigenvalue weighted by Crippen LogP contribution is -2.46. The molecule has 1 saturated heterocycles. The van der Waals surface area contributed by atoms with E-state index in [1.165, 1.54) is 31.2 Å². The topological polar surface area (TPSA) is 101 Å². The van der Waals surface area contributed by atoms with Gasteiger partial charge >= 0.3 is 5.97 Å². The van der Waals surface area contributed by atoms with E-state index in [1.54, 1.807) is 0 Å². The van der Waals surface area contributed by atoms with Gasteiger partial charge in [0.1, 0.15) is 17.6 Å². The number of imide groups is 1. The third-order valence-electron chi connectivity index (χ3n) is 5.71. The fourth-order valence-electron chi connectivity index (χ4n) is 4.01. The predicted molar refractivity (Wildman–Crippen MR) is 129 cm³/mol. The lowest BCUT2D eigenvalue weighted by molar-refractivity contribution is -0.132. The zero-order valence-corrected chi connectivity index (χ0v) is 20.2. The van der Waals surface area contributed by atoms with Crippen LogP contribution in [0.5, 0.6) is 5.75 Å². The normalized spacial score (nSPS) is 16.0. The van der Waals surface area contributed by atoms with Crippen molar-refractivity contribution in [2.24, 2.45) is 0 Å².